The molecule has 0 unspecified atom stereocenters. The van der Waals surface area contributed by atoms with Gasteiger partial charge in [0, 0.05) is 23.5 Å². The van der Waals surface area contributed by atoms with E-state index < -0.39 is 0 Å². The summed E-state index contributed by atoms with van der Waals surface area (Å²) in [5.41, 5.74) is 2.29. The Kier molecular flexibility index (Phi) is 2.79. The van der Waals surface area contributed by atoms with Crippen LogP contribution >= 0.6 is 11.6 Å². The fraction of sp³-hybridized carbons (Fsp3) is 0. The Morgan fingerprint density at radius 3 is 2.67 bits per heavy atom. The molecule has 2 aromatic rings. The fourth-order valence-electron chi connectivity index (χ4n) is 1.44. The molecule has 0 aliphatic carbocycles. The highest BCUT2D eigenvalue weighted by Gasteiger charge is 2.06. The SMILES string of the molecule is O=Cc1ccccc1-c1ccncc1Cl. The summed E-state index contributed by atoms with van der Waals surface area (Å²) in [6.45, 7) is 0. The number of rotatable bonds is 2. The third kappa shape index (κ3) is 1.90. The number of aromatic nitrogens is 1. The van der Waals surface area contributed by atoms with E-state index in [4.69, 9.17) is 11.6 Å². The average Bonchev–Trinajstić information content (AvgIpc) is 2.30. The van der Waals surface area contributed by atoms with E-state index >= 15 is 0 Å². The minimum absolute atomic E-state index is 0.548. The van der Waals surface area contributed by atoms with Gasteiger partial charge in [0.05, 0.1) is 5.02 Å². The van der Waals surface area contributed by atoms with Crippen molar-refractivity contribution in [3.05, 3.63) is 53.3 Å². The first kappa shape index (κ1) is 9.87. The number of aldehydes is 1. The third-order valence-electron chi connectivity index (χ3n) is 2.15. The van der Waals surface area contributed by atoms with Crippen LogP contribution in [0.5, 0.6) is 0 Å². The summed E-state index contributed by atoms with van der Waals surface area (Å²) in [7, 11) is 0. The summed E-state index contributed by atoms with van der Waals surface area (Å²) in [6, 6.07) is 9.12. The Labute approximate surface area is 92.5 Å². The molecular formula is C12H8ClNO. The molecule has 0 N–H and O–H groups in total. The van der Waals surface area contributed by atoms with Crippen LogP contribution in [0.2, 0.25) is 5.02 Å². The fourth-order valence-corrected chi connectivity index (χ4v) is 1.66. The number of nitrogens with zero attached hydrogens (tertiary/aromatic N) is 1. The molecule has 1 aromatic heterocycles. The third-order valence-corrected chi connectivity index (χ3v) is 2.45. The van der Waals surface area contributed by atoms with E-state index in [0.717, 1.165) is 17.4 Å². The van der Waals surface area contributed by atoms with Crippen molar-refractivity contribution in [2.75, 3.05) is 0 Å². The van der Waals surface area contributed by atoms with Gasteiger partial charge in [-0.15, -0.1) is 0 Å². The molecule has 1 aromatic carbocycles. The van der Waals surface area contributed by atoms with E-state index in [1.54, 1.807) is 24.5 Å². The summed E-state index contributed by atoms with van der Waals surface area (Å²) < 4.78 is 0. The van der Waals surface area contributed by atoms with Crippen LogP contribution in [0.15, 0.2) is 42.7 Å². The van der Waals surface area contributed by atoms with Gasteiger partial charge in [0.2, 0.25) is 0 Å². The first-order valence-electron chi connectivity index (χ1n) is 4.47. The van der Waals surface area contributed by atoms with Crippen molar-refractivity contribution in [3.8, 4) is 11.1 Å². The van der Waals surface area contributed by atoms with Gasteiger partial charge in [0.15, 0.2) is 6.29 Å². The normalized spacial score (nSPS) is 9.93. The smallest absolute Gasteiger partial charge is 0.150 e. The van der Waals surface area contributed by atoms with E-state index in [1.807, 2.05) is 18.2 Å². The molecule has 2 rings (SSSR count). The maximum absolute atomic E-state index is 10.9. The van der Waals surface area contributed by atoms with Gasteiger partial charge < -0.3 is 0 Å². The van der Waals surface area contributed by atoms with Gasteiger partial charge in [-0.3, -0.25) is 9.78 Å². The van der Waals surface area contributed by atoms with Crippen molar-refractivity contribution >= 4 is 17.9 Å². The Bertz CT molecular complexity index is 496. The molecule has 0 spiro atoms. The molecule has 1 heterocycles. The molecule has 2 nitrogen and oxygen atoms in total. The number of hydrogen-bond donors (Lipinski definition) is 0. The van der Waals surface area contributed by atoms with E-state index in [1.165, 1.54) is 0 Å². The highest BCUT2D eigenvalue weighted by molar-refractivity contribution is 6.33. The number of halogens is 1. The molecule has 0 saturated heterocycles. The molecule has 0 aliphatic rings. The highest BCUT2D eigenvalue weighted by atomic mass is 35.5. The lowest BCUT2D eigenvalue weighted by Gasteiger charge is -2.05. The maximum Gasteiger partial charge on any atom is 0.150 e. The largest absolute Gasteiger partial charge is 0.298 e. The van der Waals surface area contributed by atoms with E-state index in [0.29, 0.717) is 10.6 Å². The van der Waals surface area contributed by atoms with Crippen molar-refractivity contribution in [3.63, 3.8) is 0 Å². The van der Waals surface area contributed by atoms with Gasteiger partial charge >= 0.3 is 0 Å². The van der Waals surface area contributed by atoms with Crippen molar-refractivity contribution < 1.29 is 4.79 Å². The second-order valence-corrected chi connectivity index (χ2v) is 3.47. The topological polar surface area (TPSA) is 30.0 Å². The number of pyridine rings is 1. The monoisotopic (exact) mass is 217 g/mol. The Morgan fingerprint density at radius 2 is 1.93 bits per heavy atom. The first-order valence-corrected chi connectivity index (χ1v) is 4.85. The zero-order valence-corrected chi connectivity index (χ0v) is 8.61. The van der Waals surface area contributed by atoms with Crippen molar-refractivity contribution in [2.24, 2.45) is 0 Å². The van der Waals surface area contributed by atoms with Gasteiger partial charge in [0.25, 0.3) is 0 Å². The molecule has 0 fully saturated rings. The molecule has 0 aliphatic heterocycles. The lowest BCUT2D eigenvalue weighted by Crippen LogP contribution is -1.88. The molecular weight excluding hydrogens is 210 g/mol. The second kappa shape index (κ2) is 4.24. The van der Waals surface area contributed by atoms with E-state index in [-0.39, 0.29) is 0 Å². The summed E-state index contributed by atoms with van der Waals surface area (Å²) in [4.78, 5) is 14.8. The zero-order valence-electron chi connectivity index (χ0n) is 7.85. The van der Waals surface area contributed by atoms with Crippen LogP contribution in [0, 0.1) is 0 Å². The van der Waals surface area contributed by atoms with Crippen LogP contribution in [-0.2, 0) is 0 Å². The molecule has 0 amide bonds. The molecule has 0 saturated carbocycles. The Hall–Kier alpha value is -1.67. The Balaban J connectivity index is 2.64. The number of carbonyl (C=O) groups excluding carboxylic acids is 1. The standard InChI is InChI=1S/C12H8ClNO/c13-12-7-14-6-5-11(12)10-4-2-1-3-9(10)8-15/h1-8H. The predicted octanol–water partition coefficient (Wildman–Crippen LogP) is 3.21. The minimum atomic E-state index is 0.548. The summed E-state index contributed by atoms with van der Waals surface area (Å²) in [5, 5.41) is 0.548. The number of carbonyl (C=O) groups is 1. The van der Waals surface area contributed by atoms with Crippen LogP contribution in [0.3, 0.4) is 0 Å². The van der Waals surface area contributed by atoms with E-state index in [9.17, 15) is 4.79 Å². The van der Waals surface area contributed by atoms with Gasteiger partial charge in [0.1, 0.15) is 0 Å². The van der Waals surface area contributed by atoms with Gasteiger partial charge in [-0.05, 0) is 11.6 Å². The summed E-state index contributed by atoms with van der Waals surface area (Å²) in [5.74, 6) is 0. The van der Waals surface area contributed by atoms with Gasteiger partial charge in [-0.1, -0.05) is 35.9 Å². The minimum Gasteiger partial charge on any atom is -0.298 e. The first-order chi connectivity index (χ1) is 7.33. The van der Waals surface area contributed by atoms with Crippen LogP contribution in [-0.4, -0.2) is 11.3 Å². The molecule has 0 radical (unpaired) electrons. The maximum atomic E-state index is 10.9. The molecule has 0 atom stereocenters. The van der Waals surface area contributed by atoms with Crippen molar-refractivity contribution in [1.29, 1.82) is 0 Å². The highest BCUT2D eigenvalue weighted by Crippen LogP contribution is 2.28. The van der Waals surface area contributed by atoms with E-state index in [2.05, 4.69) is 4.98 Å². The van der Waals surface area contributed by atoms with Crippen LogP contribution in [0.4, 0.5) is 0 Å². The molecule has 0 bridgehead atoms. The van der Waals surface area contributed by atoms with Crippen molar-refractivity contribution in [1.82, 2.24) is 4.98 Å². The van der Waals surface area contributed by atoms with Gasteiger partial charge in [-0.2, -0.15) is 0 Å². The zero-order chi connectivity index (χ0) is 10.7. The van der Waals surface area contributed by atoms with Crippen LogP contribution in [0.25, 0.3) is 11.1 Å². The quantitative estimate of drug-likeness (QED) is 0.723. The number of hydrogen-bond acceptors (Lipinski definition) is 2. The van der Waals surface area contributed by atoms with Gasteiger partial charge in [-0.25, -0.2) is 0 Å². The lowest BCUT2D eigenvalue weighted by molar-refractivity contribution is 0.112. The summed E-state index contributed by atoms with van der Waals surface area (Å²) >= 11 is 6.01. The molecule has 3 heteroatoms. The second-order valence-electron chi connectivity index (χ2n) is 3.06. The average molecular weight is 218 g/mol. The predicted molar refractivity (Wildman–Crippen MR) is 60.1 cm³/mol. The number of benzene rings is 1. The molecule has 15 heavy (non-hydrogen) atoms. The molecule has 74 valence electrons. The Morgan fingerprint density at radius 1 is 1.13 bits per heavy atom. The summed E-state index contributed by atoms with van der Waals surface area (Å²) in [6.07, 6.45) is 4.05. The lowest BCUT2D eigenvalue weighted by atomic mass is 10.0. The van der Waals surface area contributed by atoms with Crippen LogP contribution < -0.4 is 0 Å². The van der Waals surface area contributed by atoms with Crippen molar-refractivity contribution in [2.45, 2.75) is 0 Å². The van der Waals surface area contributed by atoms with Crippen LogP contribution in [0.1, 0.15) is 10.4 Å².